The molecule has 1 unspecified atom stereocenters. The lowest BCUT2D eigenvalue weighted by Gasteiger charge is -2.12. The second kappa shape index (κ2) is 7.85. The van der Waals surface area contributed by atoms with Crippen LogP contribution in [-0.4, -0.2) is 40.3 Å². The highest BCUT2D eigenvalue weighted by Gasteiger charge is 2.15. The molecular formula is C13H22N4S2. The lowest BCUT2D eigenvalue weighted by molar-refractivity contribution is 0.800. The maximum Gasteiger partial charge on any atom is 0.191 e. The van der Waals surface area contributed by atoms with Crippen LogP contribution in [0.4, 0.5) is 11.6 Å². The first kappa shape index (κ1) is 14.8. The highest BCUT2D eigenvalue weighted by atomic mass is 32.2. The number of hydrogen-bond donors (Lipinski definition) is 2. The molecule has 2 rings (SSSR count). The fourth-order valence-corrected chi connectivity index (χ4v) is 3.55. The third kappa shape index (κ3) is 4.76. The fraction of sp³-hybridized carbons (Fsp3) is 0.692. The zero-order valence-corrected chi connectivity index (χ0v) is 13.2. The van der Waals surface area contributed by atoms with Crippen LogP contribution in [0, 0.1) is 0 Å². The van der Waals surface area contributed by atoms with Crippen molar-refractivity contribution in [2.75, 3.05) is 35.7 Å². The molecule has 2 heterocycles. The molecule has 19 heavy (non-hydrogen) atoms. The van der Waals surface area contributed by atoms with Gasteiger partial charge in [-0.2, -0.15) is 11.8 Å². The number of aromatic nitrogens is 2. The third-order valence-corrected chi connectivity index (χ3v) is 4.93. The molecule has 4 nitrogen and oxygen atoms in total. The summed E-state index contributed by atoms with van der Waals surface area (Å²) < 4.78 is 0. The molecule has 1 aliphatic heterocycles. The highest BCUT2D eigenvalue weighted by molar-refractivity contribution is 8.00. The first-order valence-electron chi connectivity index (χ1n) is 6.84. The van der Waals surface area contributed by atoms with Crippen LogP contribution >= 0.6 is 23.5 Å². The van der Waals surface area contributed by atoms with Crippen LogP contribution in [0.25, 0.3) is 0 Å². The summed E-state index contributed by atoms with van der Waals surface area (Å²) >= 11 is 3.64. The number of hydrogen-bond acceptors (Lipinski definition) is 6. The minimum atomic E-state index is 0.736. The lowest BCUT2D eigenvalue weighted by Crippen LogP contribution is -2.15. The standard InChI is InChI=1S/C13H22N4S2/c1-3-6-14-11-8-12(17-13(16-11)18-2)15-9-10-5-4-7-19-10/h8,10H,3-7,9H2,1-2H3,(H2,14,15,16,17). The van der Waals surface area contributed by atoms with Gasteiger partial charge in [-0.25, -0.2) is 9.97 Å². The van der Waals surface area contributed by atoms with Gasteiger partial charge >= 0.3 is 0 Å². The summed E-state index contributed by atoms with van der Waals surface area (Å²) in [7, 11) is 0. The van der Waals surface area contributed by atoms with Crippen molar-refractivity contribution in [1.29, 1.82) is 0 Å². The van der Waals surface area contributed by atoms with Crippen LogP contribution in [0.3, 0.4) is 0 Å². The molecule has 1 saturated heterocycles. The van der Waals surface area contributed by atoms with Gasteiger partial charge in [0.1, 0.15) is 11.6 Å². The van der Waals surface area contributed by atoms with Crippen molar-refractivity contribution in [3.05, 3.63) is 6.07 Å². The van der Waals surface area contributed by atoms with Gasteiger partial charge in [0.25, 0.3) is 0 Å². The van der Waals surface area contributed by atoms with Crippen LogP contribution in [0.2, 0.25) is 0 Å². The normalized spacial score (nSPS) is 18.5. The summed E-state index contributed by atoms with van der Waals surface area (Å²) in [5, 5.41) is 8.34. The summed E-state index contributed by atoms with van der Waals surface area (Å²) in [5.74, 6) is 3.16. The molecule has 1 aliphatic rings. The molecule has 0 aliphatic carbocycles. The van der Waals surface area contributed by atoms with Crippen molar-refractivity contribution in [1.82, 2.24) is 9.97 Å². The van der Waals surface area contributed by atoms with Crippen LogP contribution in [0.1, 0.15) is 26.2 Å². The Morgan fingerprint density at radius 1 is 1.37 bits per heavy atom. The van der Waals surface area contributed by atoms with Crippen molar-refractivity contribution in [2.24, 2.45) is 0 Å². The van der Waals surface area contributed by atoms with Gasteiger partial charge < -0.3 is 10.6 Å². The van der Waals surface area contributed by atoms with Crippen molar-refractivity contribution < 1.29 is 0 Å². The number of thioether (sulfide) groups is 2. The van der Waals surface area contributed by atoms with E-state index in [4.69, 9.17) is 0 Å². The quantitative estimate of drug-likeness (QED) is 0.595. The largest absolute Gasteiger partial charge is 0.370 e. The van der Waals surface area contributed by atoms with Gasteiger partial charge in [0.05, 0.1) is 0 Å². The average Bonchev–Trinajstić information content (AvgIpc) is 2.96. The van der Waals surface area contributed by atoms with E-state index in [1.165, 1.54) is 18.6 Å². The van der Waals surface area contributed by atoms with E-state index in [2.05, 4.69) is 39.3 Å². The number of nitrogens with one attached hydrogen (secondary N) is 2. The lowest BCUT2D eigenvalue weighted by atomic mass is 10.2. The molecule has 0 aromatic carbocycles. The molecule has 1 aromatic rings. The summed E-state index contributed by atoms with van der Waals surface area (Å²) in [4.78, 5) is 8.98. The van der Waals surface area contributed by atoms with Crippen LogP contribution in [-0.2, 0) is 0 Å². The van der Waals surface area contributed by atoms with Gasteiger partial charge in [0.15, 0.2) is 5.16 Å². The zero-order valence-electron chi connectivity index (χ0n) is 11.6. The van der Waals surface area contributed by atoms with Crippen molar-refractivity contribution in [3.63, 3.8) is 0 Å². The van der Waals surface area contributed by atoms with Gasteiger partial charge in [-0.15, -0.1) is 0 Å². The van der Waals surface area contributed by atoms with E-state index in [0.717, 1.165) is 41.6 Å². The molecule has 0 radical (unpaired) electrons. The summed E-state index contributed by atoms with van der Waals surface area (Å²) in [6, 6.07) is 2.01. The van der Waals surface area contributed by atoms with E-state index in [1.807, 2.05) is 12.3 Å². The average molecular weight is 298 g/mol. The van der Waals surface area contributed by atoms with Gasteiger partial charge in [-0.3, -0.25) is 0 Å². The van der Waals surface area contributed by atoms with Crippen molar-refractivity contribution in [3.8, 4) is 0 Å². The Balaban J connectivity index is 1.96. The molecule has 106 valence electrons. The Morgan fingerprint density at radius 2 is 2.16 bits per heavy atom. The van der Waals surface area contributed by atoms with E-state index in [9.17, 15) is 0 Å². The van der Waals surface area contributed by atoms with Crippen LogP contribution < -0.4 is 10.6 Å². The smallest absolute Gasteiger partial charge is 0.191 e. The van der Waals surface area contributed by atoms with Crippen molar-refractivity contribution in [2.45, 2.75) is 36.6 Å². The second-order valence-corrected chi connectivity index (χ2v) is 6.75. The van der Waals surface area contributed by atoms with E-state index >= 15 is 0 Å². The highest BCUT2D eigenvalue weighted by Crippen LogP contribution is 2.26. The minimum absolute atomic E-state index is 0.736. The number of rotatable bonds is 7. The summed E-state index contributed by atoms with van der Waals surface area (Å²) in [6.45, 7) is 4.10. The van der Waals surface area contributed by atoms with Gasteiger partial charge in [-0.05, 0) is 31.3 Å². The Morgan fingerprint density at radius 3 is 2.79 bits per heavy atom. The Labute approximate surface area is 123 Å². The fourth-order valence-electron chi connectivity index (χ4n) is 1.97. The summed E-state index contributed by atoms with van der Waals surface area (Å²) in [6.07, 6.45) is 5.77. The van der Waals surface area contributed by atoms with E-state index in [-0.39, 0.29) is 0 Å². The summed E-state index contributed by atoms with van der Waals surface area (Å²) in [5.41, 5.74) is 0. The molecule has 1 atom stereocenters. The molecular weight excluding hydrogens is 276 g/mol. The van der Waals surface area contributed by atoms with Crippen LogP contribution in [0.5, 0.6) is 0 Å². The third-order valence-electron chi connectivity index (χ3n) is 2.98. The predicted molar refractivity (Wildman–Crippen MR) is 86.6 cm³/mol. The molecule has 0 saturated carbocycles. The molecule has 2 N–H and O–H groups in total. The minimum Gasteiger partial charge on any atom is -0.370 e. The van der Waals surface area contributed by atoms with E-state index < -0.39 is 0 Å². The SMILES string of the molecule is CCCNc1cc(NCC2CCCS2)nc(SC)n1. The van der Waals surface area contributed by atoms with E-state index in [0.29, 0.717) is 0 Å². The van der Waals surface area contributed by atoms with Gasteiger partial charge in [-0.1, -0.05) is 18.7 Å². The monoisotopic (exact) mass is 298 g/mol. The molecule has 1 fully saturated rings. The topological polar surface area (TPSA) is 49.8 Å². The Hall–Kier alpha value is -0.620. The molecule has 0 amide bonds. The van der Waals surface area contributed by atoms with Gasteiger partial charge in [0.2, 0.25) is 0 Å². The predicted octanol–water partition coefficient (Wildman–Crippen LogP) is 3.33. The maximum absolute atomic E-state index is 4.51. The Kier molecular flexibility index (Phi) is 6.10. The molecule has 0 bridgehead atoms. The maximum atomic E-state index is 4.51. The molecule has 0 spiro atoms. The first-order chi connectivity index (χ1) is 9.31. The number of anilines is 2. The van der Waals surface area contributed by atoms with E-state index in [1.54, 1.807) is 11.8 Å². The second-order valence-electron chi connectivity index (χ2n) is 4.57. The van der Waals surface area contributed by atoms with Crippen molar-refractivity contribution >= 4 is 35.2 Å². The molecule has 6 heteroatoms. The number of nitrogens with zero attached hydrogens (tertiary/aromatic N) is 2. The Bertz CT molecular complexity index is 394. The van der Waals surface area contributed by atoms with Crippen LogP contribution in [0.15, 0.2) is 11.2 Å². The van der Waals surface area contributed by atoms with Gasteiger partial charge in [0, 0.05) is 24.4 Å². The molecule has 1 aromatic heterocycles. The first-order valence-corrected chi connectivity index (χ1v) is 9.11. The zero-order chi connectivity index (χ0) is 13.5.